The van der Waals surface area contributed by atoms with Gasteiger partial charge in [-0.3, -0.25) is 4.99 Å². The van der Waals surface area contributed by atoms with Gasteiger partial charge in [-0.15, -0.1) is 0 Å². The third-order valence-corrected chi connectivity index (χ3v) is 4.06. The first-order valence-electron chi connectivity index (χ1n) is 7.83. The fourth-order valence-electron chi connectivity index (χ4n) is 2.52. The van der Waals surface area contributed by atoms with Gasteiger partial charge in [-0.05, 0) is 56.9 Å². The highest BCUT2D eigenvalue weighted by molar-refractivity contribution is 5.82. The molecule has 0 aliphatic rings. The van der Waals surface area contributed by atoms with Crippen LogP contribution in [-0.2, 0) is 0 Å². The summed E-state index contributed by atoms with van der Waals surface area (Å²) in [5, 5.41) is 0. The molecule has 0 amide bonds. The van der Waals surface area contributed by atoms with Gasteiger partial charge in [0.2, 0.25) is 0 Å². The lowest BCUT2D eigenvalue weighted by Gasteiger charge is -2.08. The van der Waals surface area contributed by atoms with Crippen molar-refractivity contribution in [2.24, 2.45) is 4.99 Å². The minimum Gasteiger partial charge on any atom is -0.349 e. The highest BCUT2D eigenvalue weighted by Crippen LogP contribution is 2.22. The molecule has 0 bridgehead atoms. The van der Waals surface area contributed by atoms with E-state index in [1.807, 2.05) is 6.21 Å². The highest BCUT2D eigenvalue weighted by Gasteiger charge is 2.04. The maximum absolute atomic E-state index is 4.58. The summed E-state index contributed by atoms with van der Waals surface area (Å²) in [5.41, 5.74) is 4.83. The molecule has 2 heteroatoms. The molecule has 1 unspecified atom stereocenters. The van der Waals surface area contributed by atoms with Crippen LogP contribution in [0.1, 0.15) is 62.9 Å². The van der Waals surface area contributed by atoms with E-state index in [4.69, 9.17) is 0 Å². The Morgan fingerprint density at radius 1 is 1.14 bits per heavy atom. The quantitative estimate of drug-likeness (QED) is 0.631. The summed E-state index contributed by atoms with van der Waals surface area (Å²) < 4.78 is 2.27. The Morgan fingerprint density at radius 3 is 2.33 bits per heavy atom. The highest BCUT2D eigenvalue weighted by atomic mass is 15.0. The first kappa shape index (κ1) is 15.6. The van der Waals surface area contributed by atoms with Crippen LogP contribution in [0, 0.1) is 6.92 Å². The zero-order chi connectivity index (χ0) is 15.4. The van der Waals surface area contributed by atoms with E-state index in [0.717, 1.165) is 11.3 Å². The molecule has 1 aromatic heterocycles. The van der Waals surface area contributed by atoms with Gasteiger partial charge < -0.3 is 4.57 Å². The van der Waals surface area contributed by atoms with E-state index < -0.39 is 0 Å². The van der Waals surface area contributed by atoms with E-state index in [-0.39, 0.29) is 0 Å². The molecule has 1 heterocycles. The number of rotatable bonds is 5. The van der Waals surface area contributed by atoms with Crippen LogP contribution in [-0.4, -0.2) is 10.8 Å². The van der Waals surface area contributed by atoms with Gasteiger partial charge in [0.25, 0.3) is 0 Å². The Morgan fingerprint density at radius 2 is 1.81 bits per heavy atom. The van der Waals surface area contributed by atoms with Crippen molar-refractivity contribution in [3.05, 3.63) is 53.3 Å². The average molecular weight is 282 g/mol. The van der Waals surface area contributed by atoms with Crippen molar-refractivity contribution in [2.45, 2.75) is 53.0 Å². The molecule has 2 aromatic rings. The van der Waals surface area contributed by atoms with Crippen molar-refractivity contribution >= 4 is 11.9 Å². The molecule has 112 valence electrons. The van der Waals surface area contributed by atoms with E-state index >= 15 is 0 Å². The van der Waals surface area contributed by atoms with Gasteiger partial charge in [0.1, 0.15) is 0 Å². The molecule has 21 heavy (non-hydrogen) atoms. The molecular weight excluding hydrogens is 256 g/mol. The number of aryl methyl sites for hydroxylation is 1. The van der Waals surface area contributed by atoms with E-state index in [9.17, 15) is 0 Å². The van der Waals surface area contributed by atoms with Crippen LogP contribution in [0.3, 0.4) is 0 Å². The zero-order valence-corrected chi connectivity index (χ0v) is 13.8. The Hall–Kier alpha value is -1.83. The lowest BCUT2D eigenvalue weighted by Crippen LogP contribution is -2.00. The van der Waals surface area contributed by atoms with Crippen LogP contribution in [0.4, 0.5) is 5.69 Å². The third-order valence-electron chi connectivity index (χ3n) is 4.06. The standard InChI is InChI=1S/C19H26N2/c1-6-15(4)18-7-9-19(10-8-18)20-12-17-11-16(5)21(13-17)14(2)3/h7-15H,6H2,1-5H3. The lowest BCUT2D eigenvalue weighted by atomic mass is 9.99. The normalized spacial score (nSPS) is 13.2. The smallest absolute Gasteiger partial charge is 0.0630 e. The summed E-state index contributed by atoms with van der Waals surface area (Å²) in [5.74, 6) is 0.616. The Balaban J connectivity index is 2.12. The first-order chi connectivity index (χ1) is 10.0. The molecule has 0 saturated carbocycles. The second-order valence-electron chi connectivity index (χ2n) is 6.07. The molecule has 0 saturated heterocycles. The largest absolute Gasteiger partial charge is 0.349 e. The van der Waals surface area contributed by atoms with E-state index in [0.29, 0.717) is 12.0 Å². The topological polar surface area (TPSA) is 17.3 Å². The number of hydrogen-bond acceptors (Lipinski definition) is 1. The lowest BCUT2D eigenvalue weighted by molar-refractivity contribution is 0.589. The molecule has 1 aromatic carbocycles. The SMILES string of the molecule is CCC(C)c1ccc(N=Cc2cc(C)n(C(C)C)c2)cc1. The Bertz CT molecular complexity index is 603. The van der Waals surface area contributed by atoms with E-state index in [1.165, 1.54) is 17.7 Å². The summed E-state index contributed by atoms with van der Waals surface area (Å²) in [6.07, 6.45) is 5.28. The number of hydrogen-bond donors (Lipinski definition) is 0. The van der Waals surface area contributed by atoms with Crippen molar-refractivity contribution < 1.29 is 0 Å². The second-order valence-corrected chi connectivity index (χ2v) is 6.07. The molecule has 1 atom stereocenters. The van der Waals surface area contributed by atoms with Crippen molar-refractivity contribution in [1.29, 1.82) is 0 Å². The molecule has 0 spiro atoms. The van der Waals surface area contributed by atoms with Gasteiger partial charge in [0.05, 0.1) is 5.69 Å². The molecule has 0 fully saturated rings. The minimum absolute atomic E-state index is 0.488. The van der Waals surface area contributed by atoms with Gasteiger partial charge in [0.15, 0.2) is 0 Å². The minimum atomic E-state index is 0.488. The maximum atomic E-state index is 4.58. The van der Waals surface area contributed by atoms with Crippen molar-refractivity contribution in [3.8, 4) is 0 Å². The van der Waals surface area contributed by atoms with Crippen LogP contribution in [0.25, 0.3) is 0 Å². The Labute approximate surface area is 128 Å². The van der Waals surface area contributed by atoms with Crippen LogP contribution in [0.5, 0.6) is 0 Å². The number of aliphatic imine (C=N–C) groups is 1. The van der Waals surface area contributed by atoms with Gasteiger partial charge in [-0.2, -0.15) is 0 Å². The maximum Gasteiger partial charge on any atom is 0.0630 e. The molecular formula is C19H26N2. The Kier molecular flexibility index (Phi) is 5.00. The van der Waals surface area contributed by atoms with Crippen LogP contribution >= 0.6 is 0 Å². The number of nitrogens with zero attached hydrogens (tertiary/aromatic N) is 2. The number of aromatic nitrogens is 1. The summed E-state index contributed by atoms with van der Waals surface area (Å²) in [4.78, 5) is 4.58. The van der Waals surface area contributed by atoms with Crippen molar-refractivity contribution in [1.82, 2.24) is 4.57 Å². The number of benzene rings is 1. The second kappa shape index (κ2) is 6.75. The third kappa shape index (κ3) is 3.84. The van der Waals surface area contributed by atoms with Crippen molar-refractivity contribution in [3.63, 3.8) is 0 Å². The van der Waals surface area contributed by atoms with Crippen LogP contribution in [0.15, 0.2) is 41.5 Å². The molecule has 0 radical (unpaired) electrons. The predicted octanol–water partition coefficient (Wildman–Crippen LogP) is 5.64. The summed E-state index contributed by atoms with van der Waals surface area (Å²) in [6.45, 7) is 11.0. The summed E-state index contributed by atoms with van der Waals surface area (Å²) in [6, 6.07) is 11.2. The fourth-order valence-corrected chi connectivity index (χ4v) is 2.52. The summed E-state index contributed by atoms with van der Waals surface area (Å²) >= 11 is 0. The monoisotopic (exact) mass is 282 g/mol. The van der Waals surface area contributed by atoms with Gasteiger partial charge >= 0.3 is 0 Å². The van der Waals surface area contributed by atoms with Gasteiger partial charge in [0, 0.05) is 29.7 Å². The van der Waals surface area contributed by atoms with Gasteiger partial charge in [-0.25, -0.2) is 0 Å². The molecule has 2 rings (SSSR count). The van der Waals surface area contributed by atoms with E-state index in [1.54, 1.807) is 0 Å². The summed E-state index contributed by atoms with van der Waals surface area (Å²) in [7, 11) is 0. The molecule has 0 aliphatic heterocycles. The molecule has 0 N–H and O–H groups in total. The van der Waals surface area contributed by atoms with Crippen LogP contribution < -0.4 is 0 Å². The zero-order valence-electron chi connectivity index (χ0n) is 13.8. The first-order valence-corrected chi connectivity index (χ1v) is 7.83. The average Bonchev–Trinajstić information content (AvgIpc) is 2.86. The van der Waals surface area contributed by atoms with Crippen LogP contribution in [0.2, 0.25) is 0 Å². The predicted molar refractivity (Wildman–Crippen MR) is 92.0 cm³/mol. The van der Waals surface area contributed by atoms with Crippen molar-refractivity contribution in [2.75, 3.05) is 0 Å². The van der Waals surface area contributed by atoms with E-state index in [2.05, 4.69) is 80.7 Å². The molecule has 0 aliphatic carbocycles. The fraction of sp³-hybridized carbons (Fsp3) is 0.421. The molecule has 2 nitrogen and oxygen atoms in total. The van der Waals surface area contributed by atoms with Gasteiger partial charge in [-0.1, -0.05) is 26.0 Å².